The van der Waals surface area contributed by atoms with E-state index in [0.29, 0.717) is 19.3 Å². The van der Waals surface area contributed by atoms with Crippen LogP contribution in [0, 0.1) is 0 Å². The molecule has 2 saturated heterocycles. The Morgan fingerprint density at radius 1 is 1.40 bits per heavy atom. The first-order chi connectivity index (χ1) is 9.25. The lowest BCUT2D eigenvalue weighted by atomic mass is 9.85. The minimum Gasteiger partial charge on any atom is -0.467 e. The molecule has 3 unspecified atom stereocenters. The van der Waals surface area contributed by atoms with Gasteiger partial charge in [0, 0.05) is 6.42 Å². The summed E-state index contributed by atoms with van der Waals surface area (Å²) in [7, 11) is 1.30. The van der Waals surface area contributed by atoms with Crippen molar-refractivity contribution in [3.8, 4) is 0 Å². The number of esters is 1. The van der Waals surface area contributed by atoms with Crippen molar-refractivity contribution >= 4 is 12.1 Å². The lowest BCUT2D eigenvalue weighted by molar-refractivity contribution is -0.152. The molecule has 0 aliphatic carbocycles. The van der Waals surface area contributed by atoms with Crippen LogP contribution in [0.1, 0.15) is 40.0 Å². The van der Waals surface area contributed by atoms with Gasteiger partial charge in [-0.05, 0) is 33.6 Å². The summed E-state index contributed by atoms with van der Waals surface area (Å²) >= 11 is 0. The summed E-state index contributed by atoms with van der Waals surface area (Å²) < 4.78 is 10.2. The van der Waals surface area contributed by atoms with Gasteiger partial charge in [-0.3, -0.25) is 4.90 Å². The summed E-state index contributed by atoms with van der Waals surface area (Å²) in [4.78, 5) is 26.0. The Labute approximate surface area is 118 Å². The summed E-state index contributed by atoms with van der Waals surface area (Å²) in [5.74, 6) is -0.455. The number of hydrogen-bond acceptors (Lipinski definition) is 6. The molecule has 2 aliphatic rings. The predicted molar refractivity (Wildman–Crippen MR) is 69.2 cm³/mol. The van der Waals surface area contributed by atoms with Crippen LogP contribution in [0.2, 0.25) is 0 Å². The van der Waals surface area contributed by atoms with Gasteiger partial charge in [0.25, 0.3) is 0 Å². The number of nitrogens with one attached hydrogen (secondary N) is 1. The second kappa shape index (κ2) is 4.89. The van der Waals surface area contributed by atoms with E-state index >= 15 is 0 Å². The van der Waals surface area contributed by atoms with Gasteiger partial charge in [0.05, 0.1) is 19.2 Å². The molecule has 20 heavy (non-hydrogen) atoms. The molecule has 0 aromatic carbocycles. The van der Waals surface area contributed by atoms with Crippen LogP contribution in [0.25, 0.3) is 0 Å². The molecule has 7 heteroatoms. The standard InChI is InChI=1S/C13H22N2O5/c1-12(2,3)20-11(17)15-9-5-6-13(15,10(16)19-4)7-8(9)14-18/h8-9,14,18H,5-7H2,1-4H3. The van der Waals surface area contributed by atoms with Gasteiger partial charge in [-0.1, -0.05) is 0 Å². The minimum atomic E-state index is -1.03. The van der Waals surface area contributed by atoms with Gasteiger partial charge in [-0.25, -0.2) is 15.1 Å². The highest BCUT2D eigenvalue weighted by Gasteiger charge is 2.64. The van der Waals surface area contributed by atoms with E-state index in [1.165, 1.54) is 12.0 Å². The normalized spacial score (nSPS) is 32.4. The number of methoxy groups -OCH3 is 1. The van der Waals surface area contributed by atoms with Crippen molar-refractivity contribution in [3.63, 3.8) is 0 Å². The molecule has 114 valence electrons. The highest BCUT2D eigenvalue weighted by molar-refractivity contribution is 5.88. The van der Waals surface area contributed by atoms with Gasteiger partial charge < -0.3 is 14.7 Å². The zero-order valence-electron chi connectivity index (χ0n) is 12.3. The van der Waals surface area contributed by atoms with E-state index in [1.807, 2.05) is 0 Å². The maximum Gasteiger partial charge on any atom is 0.411 e. The van der Waals surface area contributed by atoms with Crippen molar-refractivity contribution < 1.29 is 24.3 Å². The maximum atomic E-state index is 12.4. The number of nitrogens with zero attached hydrogens (tertiary/aromatic N) is 1. The lowest BCUT2D eigenvalue weighted by Crippen LogP contribution is -2.52. The molecule has 3 atom stereocenters. The Morgan fingerprint density at radius 3 is 2.55 bits per heavy atom. The van der Waals surface area contributed by atoms with Gasteiger partial charge in [0.15, 0.2) is 0 Å². The number of fused-ring (bicyclic) bond motifs is 2. The largest absolute Gasteiger partial charge is 0.467 e. The number of hydroxylamine groups is 1. The molecule has 2 N–H and O–H groups in total. The number of amides is 1. The summed E-state index contributed by atoms with van der Waals surface area (Å²) in [5, 5.41) is 9.21. The minimum absolute atomic E-state index is 0.256. The Hall–Kier alpha value is -1.34. The number of carbonyl (C=O) groups excluding carboxylic acids is 2. The van der Waals surface area contributed by atoms with Crippen LogP contribution in [0.4, 0.5) is 4.79 Å². The predicted octanol–water partition coefficient (Wildman–Crippen LogP) is 1.05. The van der Waals surface area contributed by atoms with Crippen LogP contribution in [-0.2, 0) is 14.3 Å². The third kappa shape index (κ3) is 2.25. The van der Waals surface area contributed by atoms with E-state index in [-0.39, 0.29) is 12.1 Å². The highest BCUT2D eigenvalue weighted by atomic mass is 16.6. The summed E-state index contributed by atoms with van der Waals surface area (Å²) in [6, 6.07) is -0.593. The average Bonchev–Trinajstić information content (AvgIpc) is 2.89. The fourth-order valence-corrected chi connectivity index (χ4v) is 3.26. The van der Waals surface area contributed by atoms with Crippen LogP contribution < -0.4 is 5.48 Å². The van der Waals surface area contributed by atoms with E-state index in [0.717, 1.165) is 0 Å². The molecule has 7 nitrogen and oxygen atoms in total. The summed E-state index contributed by atoms with van der Waals surface area (Å²) in [5.41, 5.74) is 0.524. The summed E-state index contributed by atoms with van der Waals surface area (Å²) in [6.45, 7) is 5.32. The van der Waals surface area contributed by atoms with Crippen LogP contribution in [0.15, 0.2) is 0 Å². The van der Waals surface area contributed by atoms with Crippen LogP contribution in [0.3, 0.4) is 0 Å². The van der Waals surface area contributed by atoms with Gasteiger partial charge in [0.1, 0.15) is 11.1 Å². The smallest absolute Gasteiger partial charge is 0.411 e. The molecule has 1 amide bonds. The van der Waals surface area contributed by atoms with Gasteiger partial charge >= 0.3 is 12.1 Å². The van der Waals surface area contributed by atoms with Crippen LogP contribution >= 0.6 is 0 Å². The van der Waals surface area contributed by atoms with Crippen molar-refractivity contribution in [2.24, 2.45) is 0 Å². The molecular formula is C13H22N2O5. The molecule has 0 spiro atoms. The summed E-state index contributed by atoms with van der Waals surface area (Å²) in [6.07, 6.45) is 0.956. The van der Waals surface area contributed by atoms with Gasteiger partial charge in [-0.15, -0.1) is 0 Å². The second-order valence-electron chi connectivity index (χ2n) is 6.42. The molecular weight excluding hydrogens is 264 g/mol. The number of ether oxygens (including phenoxy) is 2. The van der Waals surface area contributed by atoms with E-state index in [9.17, 15) is 14.8 Å². The van der Waals surface area contributed by atoms with Crippen molar-refractivity contribution in [2.45, 2.75) is 63.3 Å². The molecule has 0 aromatic heterocycles. The SMILES string of the molecule is COC(=O)C12CCC(C(NO)C1)N2C(=O)OC(C)(C)C. The Morgan fingerprint density at radius 2 is 2.05 bits per heavy atom. The van der Waals surface area contributed by atoms with Crippen LogP contribution in [0.5, 0.6) is 0 Å². The van der Waals surface area contributed by atoms with Crippen molar-refractivity contribution in [1.82, 2.24) is 10.4 Å². The van der Waals surface area contributed by atoms with Gasteiger partial charge in [0.2, 0.25) is 0 Å². The molecule has 0 aromatic rings. The molecule has 0 saturated carbocycles. The highest BCUT2D eigenvalue weighted by Crippen LogP contribution is 2.47. The Bertz CT molecular complexity index is 419. The second-order valence-corrected chi connectivity index (χ2v) is 6.42. The zero-order valence-corrected chi connectivity index (χ0v) is 12.3. The average molecular weight is 286 g/mol. The fourth-order valence-electron chi connectivity index (χ4n) is 3.26. The number of rotatable bonds is 2. The lowest BCUT2D eigenvalue weighted by Gasteiger charge is -2.33. The molecule has 2 aliphatic heterocycles. The Balaban J connectivity index is 2.30. The third-order valence-electron chi connectivity index (χ3n) is 3.99. The molecule has 2 rings (SSSR count). The quantitative estimate of drug-likeness (QED) is 0.582. The maximum absolute atomic E-state index is 12.4. The number of hydrogen-bond donors (Lipinski definition) is 2. The third-order valence-corrected chi connectivity index (χ3v) is 3.99. The first-order valence-corrected chi connectivity index (χ1v) is 6.75. The first-order valence-electron chi connectivity index (χ1n) is 6.75. The Kier molecular flexibility index (Phi) is 3.68. The van der Waals surface area contributed by atoms with Crippen molar-refractivity contribution in [1.29, 1.82) is 0 Å². The van der Waals surface area contributed by atoms with E-state index in [2.05, 4.69) is 5.48 Å². The van der Waals surface area contributed by atoms with E-state index in [4.69, 9.17) is 9.47 Å². The van der Waals surface area contributed by atoms with E-state index < -0.39 is 23.2 Å². The van der Waals surface area contributed by atoms with Crippen molar-refractivity contribution in [3.05, 3.63) is 0 Å². The van der Waals surface area contributed by atoms with Gasteiger partial charge in [-0.2, -0.15) is 0 Å². The number of carbonyl (C=O) groups is 2. The van der Waals surface area contributed by atoms with Crippen LogP contribution in [-0.4, -0.2) is 52.5 Å². The fraction of sp³-hybridized carbons (Fsp3) is 0.846. The molecule has 0 radical (unpaired) electrons. The topological polar surface area (TPSA) is 88.1 Å². The molecule has 2 bridgehead atoms. The monoisotopic (exact) mass is 286 g/mol. The van der Waals surface area contributed by atoms with E-state index in [1.54, 1.807) is 20.8 Å². The molecule has 2 heterocycles. The molecule has 2 fully saturated rings. The first kappa shape index (κ1) is 15.1. The van der Waals surface area contributed by atoms with Crippen molar-refractivity contribution in [2.75, 3.05) is 7.11 Å². The zero-order chi connectivity index (χ0) is 15.1.